The molecule has 0 saturated carbocycles. The number of ether oxygens (including phenoxy) is 2. The van der Waals surface area contributed by atoms with Crippen LogP contribution >= 0.6 is 31.9 Å². The average molecular weight is 676 g/mol. The van der Waals surface area contributed by atoms with E-state index in [-0.39, 0.29) is 18.1 Å². The summed E-state index contributed by atoms with van der Waals surface area (Å²) in [7, 11) is 1.50. The van der Waals surface area contributed by atoms with Gasteiger partial charge in [-0.15, -0.1) is 0 Å². The Morgan fingerprint density at radius 2 is 1.71 bits per heavy atom. The minimum Gasteiger partial charge on any atom is -0.493 e. The molecule has 0 atom stereocenters. The molecule has 8 nitrogen and oxygen atoms in total. The number of carbonyl (C=O) groups excluding carboxylic acids is 1. The van der Waals surface area contributed by atoms with Gasteiger partial charge >= 0.3 is 0 Å². The molecule has 10 heteroatoms. The largest absolute Gasteiger partial charge is 0.493 e. The average Bonchev–Trinajstić information content (AvgIpc) is 2.99. The van der Waals surface area contributed by atoms with Crippen LogP contribution in [0.3, 0.4) is 0 Å². The molecule has 1 heterocycles. The van der Waals surface area contributed by atoms with Crippen LogP contribution in [-0.4, -0.2) is 35.5 Å². The lowest BCUT2D eigenvalue weighted by Crippen LogP contribution is -2.21. The number of benzene rings is 4. The molecular weight excluding hydrogens is 652 g/mol. The summed E-state index contributed by atoms with van der Waals surface area (Å²) in [5, 5.41) is 7.85. The summed E-state index contributed by atoms with van der Waals surface area (Å²) in [4.78, 5) is 30.8. The molecule has 0 aliphatic heterocycles. The highest BCUT2D eigenvalue weighted by Gasteiger charge is 2.19. The fourth-order valence-corrected chi connectivity index (χ4v) is 5.08. The van der Waals surface area contributed by atoms with Crippen molar-refractivity contribution in [3.63, 3.8) is 0 Å². The summed E-state index contributed by atoms with van der Waals surface area (Å²) < 4.78 is 13.8. The van der Waals surface area contributed by atoms with Crippen LogP contribution in [0.2, 0.25) is 0 Å². The van der Waals surface area contributed by atoms with Gasteiger partial charge in [0.05, 0.1) is 28.7 Å². The molecule has 0 saturated heterocycles. The third-order valence-corrected chi connectivity index (χ3v) is 8.38. The van der Waals surface area contributed by atoms with E-state index in [4.69, 9.17) is 14.5 Å². The number of nitrogens with zero attached hydrogens (tertiary/aromatic N) is 3. The third-order valence-electron chi connectivity index (χ3n) is 6.24. The molecule has 4 aromatic carbocycles. The zero-order valence-corrected chi connectivity index (χ0v) is 25.3. The van der Waals surface area contributed by atoms with Crippen LogP contribution in [0.5, 0.6) is 11.5 Å². The van der Waals surface area contributed by atoms with Crippen LogP contribution < -0.4 is 20.3 Å². The number of rotatable bonds is 8. The van der Waals surface area contributed by atoms with Gasteiger partial charge in [0, 0.05) is 21.3 Å². The molecule has 0 aliphatic rings. The number of carbonyl (C=O) groups is 1. The predicted octanol–water partition coefficient (Wildman–Crippen LogP) is 6.81. The monoisotopic (exact) mass is 674 g/mol. The first-order valence-electron chi connectivity index (χ1n) is 12.5. The van der Waals surface area contributed by atoms with E-state index >= 15 is 0 Å². The van der Waals surface area contributed by atoms with Crippen LogP contribution in [-0.2, 0) is 4.79 Å². The number of aromatic nitrogens is 2. The maximum Gasteiger partial charge on any atom is 0.282 e. The van der Waals surface area contributed by atoms with Gasteiger partial charge in [-0.25, -0.2) is 4.98 Å². The SMILES string of the molecule is COc1cc(C=Nn2c(-c3ccccc3)nc3ccccc3c2=O)c(Br)c(Br)c1OCC(=O)Nc1ccccc1C. The first kappa shape index (κ1) is 28.3. The van der Waals surface area contributed by atoms with E-state index in [2.05, 4.69) is 42.3 Å². The van der Waals surface area contributed by atoms with Gasteiger partial charge in [0.25, 0.3) is 11.5 Å². The number of aryl methyl sites for hydroxylation is 1. The second-order valence-electron chi connectivity index (χ2n) is 8.96. The number of methoxy groups -OCH3 is 1. The van der Waals surface area contributed by atoms with Gasteiger partial charge in [0.1, 0.15) is 0 Å². The maximum absolute atomic E-state index is 13.5. The maximum atomic E-state index is 13.5. The van der Waals surface area contributed by atoms with Crippen molar-refractivity contribution in [3.05, 3.63) is 115 Å². The minimum atomic E-state index is -0.313. The lowest BCUT2D eigenvalue weighted by atomic mass is 10.2. The van der Waals surface area contributed by atoms with E-state index < -0.39 is 0 Å². The highest BCUT2D eigenvalue weighted by Crippen LogP contribution is 2.42. The first-order valence-corrected chi connectivity index (χ1v) is 14.1. The molecule has 0 spiro atoms. The Morgan fingerprint density at radius 1 is 1.00 bits per heavy atom. The van der Waals surface area contributed by atoms with Gasteiger partial charge in [-0.1, -0.05) is 60.7 Å². The molecule has 206 valence electrons. The minimum absolute atomic E-state index is 0.234. The fraction of sp³-hybridized carbons (Fsp3) is 0.0968. The van der Waals surface area contributed by atoms with Crippen molar-refractivity contribution in [1.82, 2.24) is 9.66 Å². The van der Waals surface area contributed by atoms with Crippen molar-refractivity contribution in [2.45, 2.75) is 6.92 Å². The molecular formula is C31H24Br2N4O4. The summed E-state index contributed by atoms with van der Waals surface area (Å²) in [5.74, 6) is 0.808. The summed E-state index contributed by atoms with van der Waals surface area (Å²) in [6, 6.07) is 25.8. The van der Waals surface area contributed by atoms with E-state index in [1.54, 1.807) is 24.3 Å². The Balaban J connectivity index is 1.47. The number of amides is 1. The van der Waals surface area contributed by atoms with E-state index in [0.717, 1.165) is 11.1 Å². The van der Waals surface area contributed by atoms with E-state index in [1.807, 2.05) is 67.6 Å². The van der Waals surface area contributed by atoms with Crippen molar-refractivity contribution >= 4 is 60.6 Å². The van der Waals surface area contributed by atoms with Crippen LogP contribution in [0.15, 0.2) is 104 Å². The Labute approximate surface area is 252 Å². The molecule has 0 fully saturated rings. The molecule has 41 heavy (non-hydrogen) atoms. The standard InChI is InChI=1S/C31H24Br2N4O4/c1-19-10-6-8-14-23(19)35-26(38)18-41-29-25(40-2)16-21(27(32)28(29)33)17-34-37-30(20-11-4-3-5-12-20)36-24-15-9-7-13-22(24)31(37)39/h3-17H,18H2,1-2H3,(H,35,38). The van der Waals surface area contributed by atoms with Crippen molar-refractivity contribution in [2.24, 2.45) is 5.10 Å². The Kier molecular flexibility index (Phi) is 8.61. The smallest absolute Gasteiger partial charge is 0.282 e. The van der Waals surface area contributed by atoms with Gasteiger partial charge in [0.15, 0.2) is 23.9 Å². The number of halogens is 2. The Hall–Kier alpha value is -4.28. The van der Waals surface area contributed by atoms with Crippen molar-refractivity contribution in [2.75, 3.05) is 19.0 Å². The second-order valence-corrected chi connectivity index (χ2v) is 10.5. The van der Waals surface area contributed by atoms with Gasteiger partial charge < -0.3 is 14.8 Å². The second kappa shape index (κ2) is 12.5. The molecule has 1 aromatic heterocycles. The Morgan fingerprint density at radius 3 is 2.46 bits per heavy atom. The zero-order chi connectivity index (χ0) is 28.9. The highest BCUT2D eigenvalue weighted by atomic mass is 79.9. The van der Waals surface area contributed by atoms with Crippen LogP contribution in [0.1, 0.15) is 11.1 Å². The number of fused-ring (bicyclic) bond motifs is 1. The molecule has 5 aromatic rings. The number of hydrogen-bond donors (Lipinski definition) is 1. The fourth-order valence-electron chi connectivity index (χ4n) is 4.15. The number of anilines is 1. The zero-order valence-electron chi connectivity index (χ0n) is 22.1. The van der Waals surface area contributed by atoms with Gasteiger partial charge in [-0.05, 0) is 68.6 Å². The number of para-hydroxylation sites is 2. The van der Waals surface area contributed by atoms with Crippen LogP contribution in [0.25, 0.3) is 22.3 Å². The van der Waals surface area contributed by atoms with E-state index in [9.17, 15) is 9.59 Å². The van der Waals surface area contributed by atoms with Gasteiger partial charge in [-0.2, -0.15) is 9.78 Å². The first-order chi connectivity index (χ1) is 19.9. The van der Waals surface area contributed by atoms with Crippen molar-refractivity contribution in [1.29, 1.82) is 0 Å². The molecule has 0 bridgehead atoms. The number of hydrogen-bond acceptors (Lipinski definition) is 6. The van der Waals surface area contributed by atoms with Crippen LogP contribution in [0, 0.1) is 6.92 Å². The quantitative estimate of drug-likeness (QED) is 0.183. The van der Waals surface area contributed by atoms with Gasteiger partial charge in [-0.3, -0.25) is 9.59 Å². The summed E-state index contributed by atoms with van der Waals surface area (Å²) >= 11 is 7.13. The summed E-state index contributed by atoms with van der Waals surface area (Å²) in [5.41, 5.74) is 3.30. The molecule has 0 radical (unpaired) electrons. The summed E-state index contributed by atoms with van der Waals surface area (Å²) in [6.07, 6.45) is 1.54. The lowest BCUT2D eigenvalue weighted by molar-refractivity contribution is -0.118. The van der Waals surface area contributed by atoms with Gasteiger partial charge in [0.2, 0.25) is 0 Å². The third kappa shape index (κ3) is 6.08. The lowest BCUT2D eigenvalue weighted by Gasteiger charge is -2.16. The van der Waals surface area contributed by atoms with Crippen molar-refractivity contribution < 1.29 is 14.3 Å². The normalized spacial score (nSPS) is 11.1. The molecule has 1 N–H and O–H groups in total. The molecule has 0 unspecified atom stereocenters. The van der Waals surface area contributed by atoms with Crippen LogP contribution in [0.4, 0.5) is 5.69 Å². The number of nitrogens with one attached hydrogen (secondary N) is 1. The van der Waals surface area contributed by atoms with E-state index in [1.165, 1.54) is 18.0 Å². The van der Waals surface area contributed by atoms with E-state index in [0.29, 0.717) is 48.4 Å². The predicted molar refractivity (Wildman–Crippen MR) is 168 cm³/mol. The van der Waals surface area contributed by atoms with Crippen molar-refractivity contribution in [3.8, 4) is 22.9 Å². The highest BCUT2D eigenvalue weighted by molar-refractivity contribution is 9.13. The molecule has 5 rings (SSSR count). The summed E-state index contributed by atoms with van der Waals surface area (Å²) in [6.45, 7) is 1.68. The molecule has 0 aliphatic carbocycles. The topological polar surface area (TPSA) is 94.8 Å². The molecule has 1 amide bonds. The Bertz CT molecular complexity index is 1840.